The van der Waals surface area contributed by atoms with E-state index in [1.807, 2.05) is 25.1 Å². The van der Waals surface area contributed by atoms with Gasteiger partial charge in [0.15, 0.2) is 11.4 Å². The summed E-state index contributed by atoms with van der Waals surface area (Å²) >= 11 is 0. The van der Waals surface area contributed by atoms with Crippen LogP contribution in [0.1, 0.15) is 43.9 Å². The van der Waals surface area contributed by atoms with Crippen LogP contribution in [-0.2, 0) is 27.3 Å². The first kappa shape index (κ1) is 29.6. The molecule has 0 saturated heterocycles. The van der Waals surface area contributed by atoms with Crippen molar-refractivity contribution in [2.45, 2.75) is 51.8 Å². The van der Waals surface area contributed by atoms with Gasteiger partial charge in [0, 0.05) is 49.9 Å². The SMILES string of the molecule is CN(C)c1cc(CNCC(C)(C)C)c(O)c2c1C[C@@H]1C[C@@H]3C(N(C)C)C(=O)C(C(N)=O)=C(O)[C@]3(O)C(=O)C1=C2O. The fourth-order valence-electron chi connectivity index (χ4n) is 6.45. The maximum atomic E-state index is 14.0. The van der Waals surface area contributed by atoms with Crippen molar-refractivity contribution < 1.29 is 34.8 Å². The molecule has 11 nitrogen and oxygen atoms in total. The highest BCUT2D eigenvalue weighted by Crippen LogP contribution is 2.54. The Morgan fingerprint density at radius 2 is 1.77 bits per heavy atom. The molecule has 0 aliphatic heterocycles. The largest absolute Gasteiger partial charge is 0.508 e. The van der Waals surface area contributed by atoms with E-state index in [-0.39, 0.29) is 35.1 Å². The molecule has 218 valence electrons. The second-order valence-corrected chi connectivity index (χ2v) is 12.8. The van der Waals surface area contributed by atoms with E-state index in [0.29, 0.717) is 24.2 Å². The number of carbonyl (C=O) groups excluding carboxylic acids is 3. The molecule has 1 aromatic carbocycles. The molecule has 7 N–H and O–H groups in total. The van der Waals surface area contributed by atoms with Crippen molar-refractivity contribution >= 4 is 28.9 Å². The molecule has 1 amide bonds. The number of primary amides is 1. The van der Waals surface area contributed by atoms with Crippen molar-refractivity contribution in [1.29, 1.82) is 0 Å². The first-order valence-electron chi connectivity index (χ1n) is 13.3. The van der Waals surface area contributed by atoms with Crippen LogP contribution < -0.4 is 16.0 Å². The molecule has 1 unspecified atom stereocenters. The van der Waals surface area contributed by atoms with Crippen LogP contribution >= 0.6 is 0 Å². The lowest BCUT2D eigenvalue weighted by Gasteiger charge is -2.50. The normalized spacial score (nSPS) is 26.6. The predicted molar refractivity (Wildman–Crippen MR) is 150 cm³/mol. The Hall–Kier alpha value is -3.41. The maximum absolute atomic E-state index is 14.0. The van der Waals surface area contributed by atoms with Crippen LogP contribution in [0.4, 0.5) is 5.69 Å². The van der Waals surface area contributed by atoms with Gasteiger partial charge in [-0.3, -0.25) is 19.3 Å². The van der Waals surface area contributed by atoms with E-state index in [2.05, 4.69) is 26.1 Å². The van der Waals surface area contributed by atoms with Gasteiger partial charge in [-0.2, -0.15) is 0 Å². The second-order valence-electron chi connectivity index (χ2n) is 12.8. The number of anilines is 1. The lowest BCUT2D eigenvalue weighted by Crippen LogP contribution is -2.65. The van der Waals surface area contributed by atoms with Gasteiger partial charge in [-0.1, -0.05) is 20.8 Å². The third-order valence-electron chi connectivity index (χ3n) is 8.23. The van der Waals surface area contributed by atoms with Gasteiger partial charge in [-0.25, -0.2) is 0 Å². The molecule has 0 aromatic heterocycles. The molecule has 0 radical (unpaired) electrons. The van der Waals surface area contributed by atoms with E-state index in [1.54, 1.807) is 14.1 Å². The highest BCUT2D eigenvalue weighted by Gasteiger charge is 2.64. The number of Topliss-reactive ketones (excluding diaryl/α,β-unsaturated/α-hetero) is 2. The Morgan fingerprint density at radius 3 is 2.30 bits per heavy atom. The predicted octanol–water partition coefficient (Wildman–Crippen LogP) is 1.17. The highest BCUT2D eigenvalue weighted by molar-refractivity contribution is 6.24. The van der Waals surface area contributed by atoms with Gasteiger partial charge < -0.3 is 36.4 Å². The number of amides is 1. The van der Waals surface area contributed by atoms with E-state index in [0.717, 1.165) is 5.69 Å². The molecule has 1 saturated carbocycles. The summed E-state index contributed by atoms with van der Waals surface area (Å²) in [4.78, 5) is 42.8. The number of hydrogen-bond donors (Lipinski definition) is 6. The van der Waals surface area contributed by atoms with Gasteiger partial charge in [0.2, 0.25) is 5.78 Å². The van der Waals surface area contributed by atoms with Gasteiger partial charge in [0.05, 0.1) is 11.6 Å². The molecule has 40 heavy (non-hydrogen) atoms. The fourth-order valence-corrected chi connectivity index (χ4v) is 6.45. The molecule has 1 fully saturated rings. The second kappa shape index (κ2) is 9.90. The first-order chi connectivity index (χ1) is 18.4. The van der Waals surface area contributed by atoms with Gasteiger partial charge in [-0.05, 0) is 49.9 Å². The summed E-state index contributed by atoms with van der Waals surface area (Å²) in [6.45, 7) is 7.21. The average molecular weight is 557 g/mol. The summed E-state index contributed by atoms with van der Waals surface area (Å²) in [6, 6.07) is 0.735. The highest BCUT2D eigenvalue weighted by atomic mass is 16.3. The Labute approximate surface area is 233 Å². The number of carbonyl (C=O) groups is 3. The van der Waals surface area contributed by atoms with Crippen LogP contribution in [0.15, 0.2) is 23.0 Å². The third kappa shape index (κ3) is 4.46. The van der Waals surface area contributed by atoms with Gasteiger partial charge in [-0.15, -0.1) is 0 Å². The van der Waals surface area contributed by atoms with E-state index in [1.165, 1.54) is 4.90 Å². The van der Waals surface area contributed by atoms with Crippen molar-refractivity contribution in [3.63, 3.8) is 0 Å². The molecule has 11 heteroatoms. The molecule has 1 aromatic rings. The van der Waals surface area contributed by atoms with Gasteiger partial charge in [0.25, 0.3) is 5.91 Å². The Kier molecular flexibility index (Phi) is 7.32. The van der Waals surface area contributed by atoms with Gasteiger partial charge in [0.1, 0.15) is 22.8 Å². The van der Waals surface area contributed by atoms with Crippen molar-refractivity contribution in [2.75, 3.05) is 39.6 Å². The van der Waals surface area contributed by atoms with Crippen LogP contribution in [-0.4, -0.2) is 89.2 Å². The number of phenols is 1. The van der Waals surface area contributed by atoms with Gasteiger partial charge >= 0.3 is 0 Å². The van der Waals surface area contributed by atoms with E-state index >= 15 is 0 Å². The zero-order valence-corrected chi connectivity index (χ0v) is 24.1. The summed E-state index contributed by atoms with van der Waals surface area (Å²) < 4.78 is 0. The lowest BCUT2D eigenvalue weighted by atomic mass is 9.57. The molecule has 0 spiro atoms. The maximum Gasteiger partial charge on any atom is 0.255 e. The number of fused-ring (bicyclic) bond motifs is 3. The minimum atomic E-state index is -2.66. The molecular weight excluding hydrogens is 516 g/mol. The number of benzene rings is 1. The van der Waals surface area contributed by atoms with Crippen molar-refractivity contribution in [3.05, 3.63) is 39.7 Å². The molecular formula is C29H40N4O7. The fraction of sp³-hybridized carbons (Fsp3) is 0.552. The number of nitrogens with zero attached hydrogens (tertiary/aromatic N) is 2. The number of rotatable bonds is 6. The molecule has 3 aliphatic rings. The van der Waals surface area contributed by atoms with Crippen LogP contribution in [0.5, 0.6) is 5.75 Å². The number of phenolic OH excluding ortho intramolecular Hbond substituents is 1. The minimum Gasteiger partial charge on any atom is -0.508 e. The van der Waals surface area contributed by atoms with E-state index < -0.39 is 58.0 Å². The topological polar surface area (TPSA) is 177 Å². The Balaban J connectivity index is 1.91. The molecule has 3 aliphatic carbocycles. The summed E-state index contributed by atoms with van der Waals surface area (Å²) in [7, 11) is 6.84. The summed E-state index contributed by atoms with van der Waals surface area (Å²) in [5.74, 6) is -6.55. The van der Waals surface area contributed by atoms with Crippen LogP contribution in [0.3, 0.4) is 0 Å². The number of nitrogens with two attached hydrogens (primary N) is 1. The number of aliphatic hydroxyl groups is 3. The number of likely N-dealkylation sites (N-methyl/N-ethyl adjacent to an activating group) is 1. The monoisotopic (exact) mass is 556 g/mol. The standard InChI is InChI=1S/C29H40N4O7/c1-28(2,3)12-31-11-14-10-17(32(4)5)15-8-13-9-16-21(33(6)7)24(36)20(27(30)39)26(38)29(16,40)25(37)18(13)23(35)19(15)22(14)34/h10,13,16,21,31,34-35,38,40H,8-9,11-12H2,1-7H3,(H2,30,39)/t13-,16-,21?,29-/m1/s1. The smallest absolute Gasteiger partial charge is 0.255 e. The minimum absolute atomic E-state index is 0.00285. The number of aliphatic hydroxyl groups excluding tert-OH is 2. The summed E-state index contributed by atoms with van der Waals surface area (Å²) in [5, 5.41) is 49.0. The number of ketones is 2. The summed E-state index contributed by atoms with van der Waals surface area (Å²) in [6.07, 6.45) is 0.291. The molecule has 0 heterocycles. The van der Waals surface area contributed by atoms with E-state index in [4.69, 9.17) is 5.73 Å². The third-order valence-corrected chi connectivity index (χ3v) is 8.23. The van der Waals surface area contributed by atoms with Crippen molar-refractivity contribution in [1.82, 2.24) is 10.2 Å². The molecule has 4 atom stereocenters. The van der Waals surface area contributed by atoms with Crippen LogP contribution in [0, 0.1) is 17.3 Å². The van der Waals surface area contributed by atoms with Crippen molar-refractivity contribution in [3.8, 4) is 5.75 Å². The van der Waals surface area contributed by atoms with Crippen LogP contribution in [0.25, 0.3) is 5.76 Å². The first-order valence-corrected chi connectivity index (χ1v) is 13.3. The molecule has 4 rings (SSSR count). The molecule has 0 bridgehead atoms. The number of aromatic hydroxyl groups is 1. The van der Waals surface area contributed by atoms with Crippen LogP contribution in [0.2, 0.25) is 0 Å². The number of nitrogens with one attached hydrogen (secondary N) is 1. The summed E-state index contributed by atoms with van der Waals surface area (Å²) in [5.41, 5.74) is 3.73. The lowest BCUT2D eigenvalue weighted by molar-refractivity contribution is -0.153. The average Bonchev–Trinajstić information content (AvgIpc) is 2.81. The number of hydrogen-bond acceptors (Lipinski definition) is 10. The quantitative estimate of drug-likeness (QED) is 0.279. The van der Waals surface area contributed by atoms with Crippen molar-refractivity contribution in [2.24, 2.45) is 23.0 Å². The Morgan fingerprint density at radius 1 is 1.15 bits per heavy atom. The zero-order chi connectivity index (χ0) is 30.1. The zero-order valence-electron chi connectivity index (χ0n) is 24.1. The van der Waals surface area contributed by atoms with E-state index in [9.17, 15) is 34.8 Å². The Bertz CT molecular complexity index is 1350.